The zero-order valence-electron chi connectivity index (χ0n) is 24.8. The SMILES string of the molecule is C=C1C=C(C(=N)C(=O)Cc2ccc(-c3cnc4cc(OCCC(=N)C(C)=O)c(OC)cc4n3)cc2F)C=C(C2(C(F)(F)F)CC2)O1. The number of carbonyl (C=O) groups excluding carboxylic acids is 2. The number of alkyl halides is 3. The van der Waals surface area contributed by atoms with Crippen LogP contribution in [0.3, 0.4) is 0 Å². The predicted molar refractivity (Wildman–Crippen MR) is 161 cm³/mol. The Labute approximate surface area is 260 Å². The van der Waals surface area contributed by atoms with Crippen LogP contribution < -0.4 is 9.47 Å². The fraction of sp³-hybridized carbons (Fsp3) is 0.273. The third kappa shape index (κ3) is 6.44. The molecule has 13 heteroatoms. The normalized spacial score (nSPS) is 15.4. The van der Waals surface area contributed by atoms with Gasteiger partial charge in [0.25, 0.3) is 0 Å². The smallest absolute Gasteiger partial charge is 0.401 e. The van der Waals surface area contributed by atoms with Crippen molar-refractivity contribution in [3.05, 3.63) is 83.7 Å². The first-order valence-corrected chi connectivity index (χ1v) is 14.1. The average molecular weight is 637 g/mol. The Morgan fingerprint density at radius 2 is 1.80 bits per heavy atom. The zero-order valence-corrected chi connectivity index (χ0v) is 24.8. The number of nitrogens with one attached hydrogen (secondary N) is 2. The second-order valence-corrected chi connectivity index (χ2v) is 10.9. The van der Waals surface area contributed by atoms with Gasteiger partial charge in [-0.15, -0.1) is 0 Å². The van der Waals surface area contributed by atoms with Gasteiger partial charge in [-0.05, 0) is 36.6 Å². The summed E-state index contributed by atoms with van der Waals surface area (Å²) in [4.78, 5) is 33.1. The van der Waals surface area contributed by atoms with Gasteiger partial charge in [0.15, 0.2) is 23.1 Å². The van der Waals surface area contributed by atoms with Crippen LogP contribution in [0.25, 0.3) is 22.3 Å². The summed E-state index contributed by atoms with van der Waals surface area (Å²) in [5.41, 5.74) is -1.35. The molecule has 1 aromatic heterocycles. The molecule has 2 heterocycles. The number of allylic oxidation sites excluding steroid dienone is 4. The van der Waals surface area contributed by atoms with Gasteiger partial charge < -0.3 is 19.6 Å². The third-order valence-electron chi connectivity index (χ3n) is 7.74. The number of nitrogens with zero attached hydrogens (tertiary/aromatic N) is 2. The van der Waals surface area contributed by atoms with Gasteiger partial charge in [0, 0.05) is 43.0 Å². The van der Waals surface area contributed by atoms with Crippen LogP contribution in [0.5, 0.6) is 11.5 Å². The maximum atomic E-state index is 15.2. The number of fused-ring (bicyclic) bond motifs is 1. The number of Topliss-reactive ketones (excluding diaryl/α,β-unsaturated/α-hetero) is 2. The Bertz CT molecular complexity index is 1880. The molecule has 238 valence electrons. The number of halogens is 4. The summed E-state index contributed by atoms with van der Waals surface area (Å²) in [6, 6.07) is 7.28. The van der Waals surface area contributed by atoms with E-state index in [0.29, 0.717) is 33.8 Å². The predicted octanol–water partition coefficient (Wildman–Crippen LogP) is 6.65. The molecule has 0 saturated heterocycles. The van der Waals surface area contributed by atoms with Crippen LogP contribution >= 0.6 is 0 Å². The van der Waals surface area contributed by atoms with Crippen LogP contribution in [0.15, 0.2) is 72.4 Å². The topological polar surface area (TPSA) is 135 Å². The minimum absolute atomic E-state index is 0.0155. The van der Waals surface area contributed by atoms with Crippen LogP contribution in [0.1, 0.15) is 31.7 Å². The summed E-state index contributed by atoms with van der Waals surface area (Å²) in [6.45, 7) is 4.94. The lowest BCUT2D eigenvalue weighted by Crippen LogP contribution is -2.29. The molecule has 9 nitrogen and oxygen atoms in total. The van der Waals surface area contributed by atoms with Gasteiger partial charge in [-0.2, -0.15) is 13.2 Å². The second kappa shape index (κ2) is 12.3. The lowest BCUT2D eigenvalue weighted by atomic mass is 9.94. The number of methoxy groups -OCH3 is 1. The highest BCUT2D eigenvalue weighted by Gasteiger charge is 2.67. The Hall–Kier alpha value is -5.20. The van der Waals surface area contributed by atoms with Gasteiger partial charge in [0.2, 0.25) is 0 Å². The van der Waals surface area contributed by atoms with Gasteiger partial charge in [-0.1, -0.05) is 18.7 Å². The van der Waals surface area contributed by atoms with E-state index in [-0.39, 0.29) is 54.3 Å². The fourth-order valence-corrected chi connectivity index (χ4v) is 4.87. The largest absolute Gasteiger partial charge is 0.493 e. The fourth-order valence-electron chi connectivity index (χ4n) is 4.87. The van der Waals surface area contributed by atoms with Crippen LogP contribution in [0.2, 0.25) is 0 Å². The summed E-state index contributed by atoms with van der Waals surface area (Å²) in [5, 5.41) is 16.0. The van der Waals surface area contributed by atoms with E-state index in [9.17, 15) is 22.8 Å². The van der Waals surface area contributed by atoms with Crippen molar-refractivity contribution < 1.29 is 41.4 Å². The first-order chi connectivity index (χ1) is 21.7. The highest BCUT2D eigenvalue weighted by Crippen LogP contribution is 2.63. The Morgan fingerprint density at radius 3 is 2.43 bits per heavy atom. The Balaban J connectivity index is 1.31. The minimum atomic E-state index is -4.55. The van der Waals surface area contributed by atoms with Gasteiger partial charge >= 0.3 is 6.18 Å². The van der Waals surface area contributed by atoms with E-state index in [2.05, 4.69) is 16.5 Å². The lowest BCUT2D eigenvalue weighted by molar-refractivity contribution is -0.183. The van der Waals surface area contributed by atoms with Crippen molar-refractivity contribution in [2.24, 2.45) is 5.41 Å². The number of ketones is 2. The molecular formula is C33H28F4N4O5. The molecule has 5 rings (SSSR count). The van der Waals surface area contributed by atoms with Crippen molar-refractivity contribution >= 4 is 34.0 Å². The summed E-state index contributed by atoms with van der Waals surface area (Å²) in [6.07, 6.45) is -1.58. The van der Waals surface area contributed by atoms with Crippen molar-refractivity contribution in [3.8, 4) is 22.8 Å². The molecule has 1 aliphatic carbocycles. The van der Waals surface area contributed by atoms with Crippen molar-refractivity contribution in [1.29, 1.82) is 10.8 Å². The van der Waals surface area contributed by atoms with E-state index in [1.54, 1.807) is 12.1 Å². The minimum Gasteiger partial charge on any atom is -0.493 e. The van der Waals surface area contributed by atoms with E-state index in [1.807, 2.05) is 0 Å². The lowest BCUT2D eigenvalue weighted by Gasteiger charge is -2.26. The van der Waals surface area contributed by atoms with E-state index >= 15 is 4.39 Å². The molecule has 2 aromatic carbocycles. The van der Waals surface area contributed by atoms with Crippen LogP contribution in [-0.4, -0.2) is 52.9 Å². The molecule has 1 aliphatic heterocycles. The van der Waals surface area contributed by atoms with Crippen molar-refractivity contribution in [3.63, 3.8) is 0 Å². The summed E-state index contributed by atoms with van der Waals surface area (Å²) >= 11 is 0. The van der Waals surface area contributed by atoms with E-state index < -0.39 is 41.1 Å². The second-order valence-electron chi connectivity index (χ2n) is 10.9. The Kier molecular flexibility index (Phi) is 8.61. The maximum absolute atomic E-state index is 15.2. The van der Waals surface area contributed by atoms with E-state index in [0.717, 1.165) is 6.08 Å². The highest BCUT2D eigenvalue weighted by molar-refractivity contribution is 6.46. The number of hydrogen-bond donors (Lipinski definition) is 2. The molecule has 0 unspecified atom stereocenters. The summed E-state index contributed by atoms with van der Waals surface area (Å²) < 4.78 is 72.4. The third-order valence-corrected chi connectivity index (χ3v) is 7.74. The van der Waals surface area contributed by atoms with Gasteiger partial charge in [0.1, 0.15) is 28.5 Å². The quantitative estimate of drug-likeness (QED) is 0.168. The summed E-state index contributed by atoms with van der Waals surface area (Å²) in [5.74, 6) is -1.72. The Morgan fingerprint density at radius 1 is 1.09 bits per heavy atom. The molecule has 46 heavy (non-hydrogen) atoms. The van der Waals surface area contributed by atoms with Gasteiger partial charge in [-0.25, -0.2) is 9.37 Å². The number of aromatic nitrogens is 2. The number of hydrogen-bond acceptors (Lipinski definition) is 9. The summed E-state index contributed by atoms with van der Waals surface area (Å²) in [7, 11) is 1.44. The van der Waals surface area contributed by atoms with Crippen molar-refractivity contribution in [1.82, 2.24) is 9.97 Å². The standard InChI is InChI=1S/C33H28F4N4O5/c1-17-10-21(13-30(46-17)32(7-8-32)33(35,36)37)31(39)27(43)12-19-4-5-20(11-22(19)34)26-16-40-24-14-29(28(44-3)15-25(24)41-26)45-9-6-23(38)18(2)42/h4-5,10-11,13-16,38-39H,1,6-9,12H2,2-3H3. The molecule has 1 saturated carbocycles. The molecular weight excluding hydrogens is 608 g/mol. The monoisotopic (exact) mass is 636 g/mol. The van der Waals surface area contributed by atoms with E-state index in [1.165, 1.54) is 44.5 Å². The van der Waals surface area contributed by atoms with Crippen molar-refractivity contribution in [2.45, 2.75) is 38.8 Å². The molecule has 2 aliphatic rings. The number of benzene rings is 2. The molecule has 1 fully saturated rings. The zero-order chi connectivity index (χ0) is 33.4. The molecule has 3 aromatic rings. The molecule has 0 radical (unpaired) electrons. The maximum Gasteiger partial charge on any atom is 0.401 e. The first kappa shape index (κ1) is 32.2. The van der Waals surface area contributed by atoms with Crippen molar-refractivity contribution in [2.75, 3.05) is 13.7 Å². The first-order valence-electron chi connectivity index (χ1n) is 14.1. The highest BCUT2D eigenvalue weighted by atomic mass is 19.4. The van der Waals surface area contributed by atoms with Crippen LogP contribution in [0.4, 0.5) is 17.6 Å². The number of ether oxygens (including phenoxy) is 3. The molecule has 0 amide bonds. The van der Waals surface area contributed by atoms with Crippen LogP contribution in [0, 0.1) is 22.1 Å². The number of carbonyl (C=O) groups is 2. The molecule has 0 atom stereocenters. The van der Waals surface area contributed by atoms with Gasteiger partial charge in [-0.3, -0.25) is 20.0 Å². The van der Waals surface area contributed by atoms with Crippen LogP contribution in [-0.2, 0) is 20.7 Å². The molecule has 0 spiro atoms. The average Bonchev–Trinajstić information content (AvgIpc) is 3.83. The molecule has 0 bridgehead atoms. The van der Waals surface area contributed by atoms with Gasteiger partial charge in [0.05, 0.1) is 42.4 Å². The number of rotatable bonds is 12. The van der Waals surface area contributed by atoms with E-state index in [4.69, 9.17) is 25.0 Å². The molecule has 2 N–H and O–H groups in total.